The van der Waals surface area contributed by atoms with Crippen molar-refractivity contribution < 1.29 is 28.6 Å². The first-order valence-corrected chi connectivity index (χ1v) is 27.4. The molecule has 0 aromatic heterocycles. The van der Waals surface area contributed by atoms with Gasteiger partial charge in [-0.3, -0.25) is 14.4 Å². The van der Waals surface area contributed by atoms with Crippen LogP contribution in [0.3, 0.4) is 0 Å². The van der Waals surface area contributed by atoms with E-state index >= 15 is 0 Å². The minimum atomic E-state index is -0.781. The number of carbonyl (C=O) groups is 3. The van der Waals surface area contributed by atoms with Gasteiger partial charge >= 0.3 is 17.9 Å². The maximum Gasteiger partial charge on any atom is 0.306 e. The van der Waals surface area contributed by atoms with Gasteiger partial charge in [-0.25, -0.2) is 0 Å². The average Bonchev–Trinajstić information content (AvgIpc) is 3.30. The summed E-state index contributed by atoms with van der Waals surface area (Å²) < 4.78 is 16.8. The van der Waals surface area contributed by atoms with E-state index in [1.807, 2.05) is 0 Å². The molecule has 0 N–H and O–H groups in total. The fourth-order valence-corrected chi connectivity index (χ4v) is 7.62. The number of allylic oxidation sites excluding steroid dienone is 12. The van der Waals surface area contributed by atoms with Crippen molar-refractivity contribution in [3.05, 3.63) is 72.9 Å². The zero-order valence-electron chi connectivity index (χ0n) is 42.7. The monoisotopic (exact) mass is 907 g/mol. The van der Waals surface area contributed by atoms with Crippen LogP contribution >= 0.6 is 0 Å². The van der Waals surface area contributed by atoms with E-state index in [4.69, 9.17) is 14.2 Å². The van der Waals surface area contributed by atoms with Gasteiger partial charge in [0.25, 0.3) is 0 Å². The summed E-state index contributed by atoms with van der Waals surface area (Å²) in [6, 6.07) is 0. The van der Waals surface area contributed by atoms with Gasteiger partial charge in [-0.15, -0.1) is 0 Å². The molecule has 0 heterocycles. The predicted molar refractivity (Wildman–Crippen MR) is 279 cm³/mol. The maximum absolute atomic E-state index is 12.8. The summed E-state index contributed by atoms with van der Waals surface area (Å²) in [5, 5.41) is 0. The Balaban J connectivity index is 4.34. The first kappa shape index (κ1) is 61.9. The molecule has 0 rings (SSSR count). The van der Waals surface area contributed by atoms with Crippen LogP contribution in [0.5, 0.6) is 0 Å². The SMILES string of the molecule is CC/C=C\C/C=C\C/C=C\C/C=C\C/C=C\C/C=C\CCCCCCC(=O)OCC(COC(=O)CCCCCCCCCCCC)OC(=O)CCCCCCCCCCCCCCCC. The van der Waals surface area contributed by atoms with Crippen molar-refractivity contribution in [3.8, 4) is 0 Å². The van der Waals surface area contributed by atoms with E-state index in [1.165, 1.54) is 116 Å². The molecule has 0 radical (unpaired) electrons. The lowest BCUT2D eigenvalue weighted by Crippen LogP contribution is -2.30. The highest BCUT2D eigenvalue weighted by molar-refractivity contribution is 5.71. The smallest absolute Gasteiger partial charge is 0.306 e. The number of esters is 3. The summed E-state index contributed by atoms with van der Waals surface area (Å²) in [5.41, 5.74) is 0. The van der Waals surface area contributed by atoms with Gasteiger partial charge in [-0.2, -0.15) is 0 Å². The predicted octanol–water partition coefficient (Wildman–Crippen LogP) is 18.2. The lowest BCUT2D eigenvalue weighted by molar-refractivity contribution is -0.167. The Labute approximate surface area is 402 Å². The molecule has 0 aromatic rings. The largest absolute Gasteiger partial charge is 0.462 e. The van der Waals surface area contributed by atoms with Gasteiger partial charge in [0.15, 0.2) is 6.10 Å². The van der Waals surface area contributed by atoms with Crippen LogP contribution < -0.4 is 0 Å². The van der Waals surface area contributed by atoms with Crippen LogP contribution in [0.4, 0.5) is 0 Å². The first-order chi connectivity index (χ1) is 32.0. The lowest BCUT2D eigenvalue weighted by atomic mass is 10.0. The minimum Gasteiger partial charge on any atom is -0.462 e. The van der Waals surface area contributed by atoms with Gasteiger partial charge in [0, 0.05) is 19.3 Å². The molecule has 0 aromatic carbocycles. The zero-order valence-corrected chi connectivity index (χ0v) is 42.7. The summed E-state index contributed by atoms with van der Waals surface area (Å²) >= 11 is 0. The first-order valence-electron chi connectivity index (χ1n) is 27.4. The van der Waals surface area contributed by atoms with E-state index in [0.717, 1.165) is 109 Å². The summed E-state index contributed by atoms with van der Waals surface area (Å²) in [5.74, 6) is -0.901. The standard InChI is InChI=1S/C59H102O6/c1-4-7-10-13-16-19-22-24-26-27-28-29-30-31-32-33-34-36-37-40-43-46-49-52-58(61)64-55-56(54-63-57(60)51-48-45-42-39-21-18-15-12-9-6-3)65-59(62)53-50-47-44-41-38-35-25-23-20-17-14-11-8-5-2/h7,10,16,19,24,26,28-29,31-32,34,36,56H,4-6,8-9,11-15,17-18,20-23,25,27,30,33,35,37-55H2,1-3H3/b10-7-,19-16-,26-24-,29-28-,32-31-,36-34-. The van der Waals surface area contributed by atoms with Crippen molar-refractivity contribution in [1.82, 2.24) is 0 Å². The van der Waals surface area contributed by atoms with Crippen molar-refractivity contribution in [2.24, 2.45) is 0 Å². The number of ether oxygens (including phenoxy) is 3. The molecular weight excluding hydrogens is 805 g/mol. The van der Waals surface area contributed by atoms with E-state index in [1.54, 1.807) is 0 Å². The molecule has 0 bridgehead atoms. The van der Waals surface area contributed by atoms with Crippen LogP contribution in [0, 0.1) is 0 Å². The number of rotatable bonds is 49. The molecule has 374 valence electrons. The molecule has 0 saturated heterocycles. The molecule has 0 aliphatic heterocycles. The fraction of sp³-hybridized carbons (Fsp3) is 0.746. The quantitative estimate of drug-likeness (QED) is 0.0262. The summed E-state index contributed by atoms with van der Waals surface area (Å²) in [6.45, 7) is 6.50. The molecule has 1 atom stereocenters. The Morgan fingerprint density at radius 3 is 0.938 bits per heavy atom. The van der Waals surface area contributed by atoms with Crippen LogP contribution in [0.15, 0.2) is 72.9 Å². The van der Waals surface area contributed by atoms with Crippen molar-refractivity contribution >= 4 is 17.9 Å². The number of hydrogen-bond donors (Lipinski definition) is 0. The van der Waals surface area contributed by atoms with Gasteiger partial charge in [-0.05, 0) is 70.6 Å². The molecule has 1 unspecified atom stereocenters. The number of carbonyl (C=O) groups excluding carboxylic acids is 3. The van der Waals surface area contributed by atoms with Gasteiger partial charge in [-0.1, -0.05) is 248 Å². The minimum absolute atomic E-state index is 0.0804. The second kappa shape index (κ2) is 53.5. The van der Waals surface area contributed by atoms with Crippen molar-refractivity contribution in [1.29, 1.82) is 0 Å². The van der Waals surface area contributed by atoms with Crippen LogP contribution in [0.25, 0.3) is 0 Å². The Kier molecular flexibility index (Phi) is 50.9. The Morgan fingerprint density at radius 1 is 0.323 bits per heavy atom. The van der Waals surface area contributed by atoms with Crippen molar-refractivity contribution in [2.75, 3.05) is 13.2 Å². The van der Waals surface area contributed by atoms with E-state index in [9.17, 15) is 14.4 Å². The van der Waals surface area contributed by atoms with Crippen molar-refractivity contribution in [2.45, 2.75) is 271 Å². The van der Waals surface area contributed by atoms with Gasteiger partial charge in [0.1, 0.15) is 13.2 Å². The second-order valence-corrected chi connectivity index (χ2v) is 18.1. The molecule has 0 saturated carbocycles. The van der Waals surface area contributed by atoms with Crippen LogP contribution in [-0.2, 0) is 28.6 Å². The van der Waals surface area contributed by atoms with Crippen LogP contribution in [0.1, 0.15) is 265 Å². The van der Waals surface area contributed by atoms with Gasteiger partial charge < -0.3 is 14.2 Å². The van der Waals surface area contributed by atoms with Gasteiger partial charge in [0.05, 0.1) is 0 Å². The topological polar surface area (TPSA) is 78.9 Å². The Bertz CT molecular complexity index is 1230. The Hall–Kier alpha value is -3.15. The normalized spacial score (nSPS) is 12.6. The van der Waals surface area contributed by atoms with Crippen LogP contribution in [-0.4, -0.2) is 37.2 Å². The number of unbranched alkanes of at least 4 members (excludes halogenated alkanes) is 26. The summed E-state index contributed by atoms with van der Waals surface area (Å²) in [6.07, 6.45) is 67.5. The van der Waals surface area contributed by atoms with Gasteiger partial charge in [0.2, 0.25) is 0 Å². The molecule has 0 aliphatic carbocycles. The molecular formula is C59H102O6. The molecule has 0 spiro atoms. The van der Waals surface area contributed by atoms with E-state index < -0.39 is 6.10 Å². The second-order valence-electron chi connectivity index (χ2n) is 18.1. The lowest BCUT2D eigenvalue weighted by Gasteiger charge is -2.18. The third-order valence-electron chi connectivity index (χ3n) is 11.7. The highest BCUT2D eigenvalue weighted by atomic mass is 16.6. The molecule has 6 nitrogen and oxygen atoms in total. The fourth-order valence-electron chi connectivity index (χ4n) is 7.62. The molecule has 6 heteroatoms. The van der Waals surface area contributed by atoms with E-state index in [2.05, 4.69) is 93.7 Å². The summed E-state index contributed by atoms with van der Waals surface area (Å²) in [7, 11) is 0. The van der Waals surface area contributed by atoms with E-state index in [-0.39, 0.29) is 31.1 Å². The van der Waals surface area contributed by atoms with E-state index in [0.29, 0.717) is 19.3 Å². The third-order valence-corrected chi connectivity index (χ3v) is 11.7. The molecule has 0 fully saturated rings. The molecule has 65 heavy (non-hydrogen) atoms. The average molecular weight is 907 g/mol. The highest BCUT2D eigenvalue weighted by Crippen LogP contribution is 2.15. The maximum atomic E-state index is 12.8. The third kappa shape index (κ3) is 51.7. The molecule has 0 amide bonds. The van der Waals surface area contributed by atoms with Crippen molar-refractivity contribution in [3.63, 3.8) is 0 Å². The highest BCUT2D eigenvalue weighted by Gasteiger charge is 2.19. The van der Waals surface area contributed by atoms with Crippen LogP contribution in [0.2, 0.25) is 0 Å². The molecule has 0 aliphatic rings. The number of hydrogen-bond acceptors (Lipinski definition) is 6. The Morgan fingerprint density at radius 2 is 0.600 bits per heavy atom. The zero-order chi connectivity index (χ0) is 47.2. The summed E-state index contributed by atoms with van der Waals surface area (Å²) in [4.78, 5) is 38.0.